The highest BCUT2D eigenvalue weighted by molar-refractivity contribution is 5.70. The van der Waals surface area contributed by atoms with Crippen LogP contribution in [0.3, 0.4) is 0 Å². The number of nitro benzene ring substituents is 1. The average Bonchev–Trinajstić information content (AvgIpc) is 2.77. The Morgan fingerprint density at radius 2 is 1.43 bits per heavy atom. The molecule has 0 aliphatic heterocycles. The summed E-state index contributed by atoms with van der Waals surface area (Å²) in [4.78, 5) is 10.4. The fraction of sp³-hybridized carbons (Fsp3) is 0.182. The van der Waals surface area contributed by atoms with Gasteiger partial charge < -0.3 is 21.0 Å². The van der Waals surface area contributed by atoms with Gasteiger partial charge in [-0.1, -0.05) is 24.6 Å². The Morgan fingerprint density at radius 1 is 0.867 bits per heavy atom. The molecule has 30 heavy (non-hydrogen) atoms. The fourth-order valence-corrected chi connectivity index (χ4v) is 2.88. The number of hydrogen-bond acceptors (Lipinski definition) is 7. The zero-order chi connectivity index (χ0) is 21.5. The molecule has 0 aromatic heterocycles. The molecule has 0 heterocycles. The summed E-state index contributed by atoms with van der Waals surface area (Å²) >= 11 is 0. The first-order valence-electron chi connectivity index (χ1n) is 9.56. The molecule has 0 saturated heterocycles. The van der Waals surface area contributed by atoms with Crippen LogP contribution in [0.1, 0.15) is 18.1 Å². The quantitative estimate of drug-likeness (QED) is 0.280. The summed E-state index contributed by atoms with van der Waals surface area (Å²) in [6, 6.07) is 18.2. The van der Waals surface area contributed by atoms with E-state index in [4.69, 9.17) is 4.74 Å². The molecule has 4 N–H and O–H groups in total. The van der Waals surface area contributed by atoms with Gasteiger partial charge in [0.2, 0.25) is 0 Å². The van der Waals surface area contributed by atoms with Gasteiger partial charge in [0.1, 0.15) is 5.75 Å². The van der Waals surface area contributed by atoms with Crippen molar-refractivity contribution in [1.29, 1.82) is 0 Å². The number of benzene rings is 3. The van der Waals surface area contributed by atoms with Crippen molar-refractivity contribution in [3.8, 4) is 5.75 Å². The van der Waals surface area contributed by atoms with Gasteiger partial charge in [-0.2, -0.15) is 0 Å². The number of hydrazine groups is 2. The number of non-ortho nitro benzene ring substituents is 1. The first-order chi connectivity index (χ1) is 14.5. The highest BCUT2D eigenvalue weighted by atomic mass is 16.6. The van der Waals surface area contributed by atoms with Gasteiger partial charge in [0.15, 0.2) is 0 Å². The summed E-state index contributed by atoms with van der Waals surface area (Å²) in [6.45, 7) is 4.13. The van der Waals surface area contributed by atoms with Gasteiger partial charge in [-0.15, -0.1) is 0 Å². The van der Waals surface area contributed by atoms with Crippen molar-refractivity contribution in [3.05, 3.63) is 81.9 Å². The van der Waals surface area contributed by atoms with E-state index in [1.807, 2.05) is 43.3 Å². The topological polar surface area (TPSA) is 100 Å². The minimum atomic E-state index is -0.426. The molecule has 3 rings (SSSR count). The Bertz CT molecular complexity index is 1000. The Labute approximate surface area is 175 Å². The maximum Gasteiger partial charge on any atom is 0.269 e. The number of aryl methyl sites for hydroxylation is 2. The number of hydrogen-bond donors (Lipinski definition) is 4. The number of nitro groups is 1. The average molecular weight is 407 g/mol. The summed E-state index contributed by atoms with van der Waals surface area (Å²) in [6.07, 6.45) is 0.814. The van der Waals surface area contributed by atoms with Gasteiger partial charge in [-0.05, 0) is 49.2 Å². The number of rotatable bonds is 9. The van der Waals surface area contributed by atoms with Crippen molar-refractivity contribution in [2.24, 2.45) is 0 Å². The van der Waals surface area contributed by atoms with Gasteiger partial charge in [0.05, 0.1) is 34.8 Å². The largest absolute Gasteiger partial charge is 0.494 e. The zero-order valence-electron chi connectivity index (χ0n) is 17.2. The van der Waals surface area contributed by atoms with Crippen LogP contribution in [-0.2, 0) is 6.42 Å². The monoisotopic (exact) mass is 407 g/mol. The molecule has 0 atom stereocenters. The molecule has 0 fully saturated rings. The molecule has 0 amide bonds. The van der Waals surface area contributed by atoms with Crippen LogP contribution in [-0.4, -0.2) is 12.0 Å². The molecule has 8 nitrogen and oxygen atoms in total. The predicted molar refractivity (Wildman–Crippen MR) is 121 cm³/mol. The van der Waals surface area contributed by atoms with E-state index in [1.165, 1.54) is 17.7 Å². The molecule has 0 radical (unpaired) electrons. The van der Waals surface area contributed by atoms with Crippen LogP contribution >= 0.6 is 0 Å². The Balaban J connectivity index is 1.73. The molecular formula is C22H25N5O3. The second kappa shape index (κ2) is 9.51. The van der Waals surface area contributed by atoms with Crippen LogP contribution in [0.5, 0.6) is 5.75 Å². The van der Waals surface area contributed by atoms with Gasteiger partial charge in [0.25, 0.3) is 5.69 Å². The van der Waals surface area contributed by atoms with Crippen LogP contribution in [0, 0.1) is 17.0 Å². The molecule has 0 saturated carbocycles. The summed E-state index contributed by atoms with van der Waals surface area (Å²) in [5.74, 6) is 0.648. The Morgan fingerprint density at radius 3 is 1.97 bits per heavy atom. The summed E-state index contributed by atoms with van der Waals surface area (Å²) in [7, 11) is 1.61. The first kappa shape index (κ1) is 20.8. The standard InChI is InChI=1S/C22H25N5O3/c1-4-16-13-21(26-24-18-9-11-19(12-10-18)27(28)29)22(30-3)14-20(16)25-23-17-7-5-15(2)6-8-17/h5-14,23-26H,4H2,1-3H3. The van der Waals surface area contributed by atoms with Crippen LogP contribution in [0.25, 0.3) is 0 Å². The van der Waals surface area contributed by atoms with Crippen molar-refractivity contribution in [1.82, 2.24) is 0 Å². The van der Waals surface area contributed by atoms with Crippen molar-refractivity contribution >= 4 is 28.4 Å². The number of methoxy groups -OCH3 is 1. The van der Waals surface area contributed by atoms with Crippen molar-refractivity contribution in [2.75, 3.05) is 28.8 Å². The van der Waals surface area contributed by atoms with E-state index < -0.39 is 4.92 Å². The van der Waals surface area contributed by atoms with Gasteiger partial charge in [-0.3, -0.25) is 15.5 Å². The fourth-order valence-electron chi connectivity index (χ4n) is 2.88. The van der Waals surface area contributed by atoms with E-state index in [0.717, 1.165) is 29.0 Å². The van der Waals surface area contributed by atoms with E-state index in [-0.39, 0.29) is 5.69 Å². The molecular weight excluding hydrogens is 382 g/mol. The summed E-state index contributed by atoms with van der Waals surface area (Å²) in [5.41, 5.74) is 18.3. The number of ether oxygens (including phenoxy) is 1. The van der Waals surface area contributed by atoms with E-state index >= 15 is 0 Å². The third-order valence-corrected chi connectivity index (χ3v) is 4.62. The lowest BCUT2D eigenvalue weighted by Crippen LogP contribution is -2.13. The molecule has 0 aliphatic rings. The maximum atomic E-state index is 10.8. The highest BCUT2D eigenvalue weighted by Gasteiger charge is 2.10. The number of anilines is 4. The zero-order valence-corrected chi connectivity index (χ0v) is 17.2. The molecule has 0 aliphatic carbocycles. The lowest BCUT2D eigenvalue weighted by Gasteiger charge is -2.19. The Hall–Kier alpha value is -3.94. The predicted octanol–water partition coefficient (Wildman–Crippen LogP) is 5.35. The van der Waals surface area contributed by atoms with Crippen LogP contribution in [0.4, 0.5) is 28.4 Å². The lowest BCUT2D eigenvalue weighted by atomic mass is 10.1. The van der Waals surface area contributed by atoms with Crippen LogP contribution in [0.15, 0.2) is 60.7 Å². The minimum Gasteiger partial charge on any atom is -0.494 e. The molecule has 3 aromatic carbocycles. The van der Waals surface area contributed by atoms with E-state index in [9.17, 15) is 10.1 Å². The lowest BCUT2D eigenvalue weighted by molar-refractivity contribution is -0.384. The number of nitrogens with zero attached hydrogens (tertiary/aromatic N) is 1. The van der Waals surface area contributed by atoms with Crippen molar-refractivity contribution in [2.45, 2.75) is 20.3 Å². The molecule has 156 valence electrons. The van der Waals surface area contributed by atoms with Crippen molar-refractivity contribution in [3.63, 3.8) is 0 Å². The molecule has 0 unspecified atom stereocenters. The van der Waals surface area contributed by atoms with E-state index in [0.29, 0.717) is 11.4 Å². The second-order valence-electron chi connectivity index (χ2n) is 6.73. The second-order valence-corrected chi connectivity index (χ2v) is 6.73. The van der Waals surface area contributed by atoms with Gasteiger partial charge in [-0.25, -0.2) is 0 Å². The van der Waals surface area contributed by atoms with Gasteiger partial charge in [0, 0.05) is 18.2 Å². The van der Waals surface area contributed by atoms with E-state index in [1.54, 1.807) is 19.2 Å². The van der Waals surface area contributed by atoms with Gasteiger partial charge >= 0.3 is 0 Å². The smallest absolute Gasteiger partial charge is 0.269 e. The normalized spacial score (nSPS) is 10.2. The highest BCUT2D eigenvalue weighted by Crippen LogP contribution is 2.32. The minimum absolute atomic E-state index is 0.0444. The third kappa shape index (κ3) is 5.11. The summed E-state index contributed by atoms with van der Waals surface area (Å²) < 4.78 is 5.53. The third-order valence-electron chi connectivity index (χ3n) is 4.62. The molecule has 0 spiro atoms. The number of nitrogens with one attached hydrogen (secondary N) is 4. The van der Waals surface area contributed by atoms with Crippen molar-refractivity contribution < 1.29 is 9.66 Å². The first-order valence-corrected chi connectivity index (χ1v) is 9.56. The van der Waals surface area contributed by atoms with Crippen LogP contribution in [0.2, 0.25) is 0 Å². The maximum absolute atomic E-state index is 10.8. The van der Waals surface area contributed by atoms with Crippen LogP contribution < -0.4 is 26.4 Å². The van der Waals surface area contributed by atoms with E-state index in [2.05, 4.69) is 28.6 Å². The summed E-state index contributed by atoms with van der Waals surface area (Å²) in [5, 5.41) is 10.8. The SMILES string of the molecule is CCc1cc(NNc2ccc([N+](=O)[O-])cc2)c(OC)cc1NNc1ccc(C)cc1. The molecule has 3 aromatic rings. The Kier molecular flexibility index (Phi) is 6.59. The molecule has 8 heteroatoms. The molecule has 0 bridgehead atoms.